The Morgan fingerprint density at radius 1 is 0.895 bits per heavy atom. The summed E-state index contributed by atoms with van der Waals surface area (Å²) in [7, 11) is 0. The van der Waals surface area contributed by atoms with Gasteiger partial charge in [-0.3, -0.25) is 4.99 Å². The Balaban J connectivity index is 1.60. The van der Waals surface area contributed by atoms with E-state index < -0.39 is 0 Å². The summed E-state index contributed by atoms with van der Waals surface area (Å²) >= 11 is 0. The highest BCUT2D eigenvalue weighted by Gasteiger charge is 2.17. The quantitative estimate of drug-likeness (QED) is 0.811. The first-order valence-electron chi connectivity index (χ1n) is 6.59. The molecule has 2 aromatic carbocycles. The minimum Gasteiger partial charge on any atom is -0.358 e. The van der Waals surface area contributed by atoms with Crippen molar-refractivity contribution in [2.24, 2.45) is 4.99 Å². The van der Waals surface area contributed by atoms with E-state index in [1.165, 1.54) is 22.5 Å². The van der Waals surface area contributed by atoms with Crippen LogP contribution in [0.4, 0.5) is 11.4 Å². The van der Waals surface area contributed by atoms with Crippen LogP contribution in [0.1, 0.15) is 11.1 Å². The van der Waals surface area contributed by atoms with E-state index in [1.807, 2.05) is 6.07 Å². The minimum absolute atomic E-state index is 0.942. The molecule has 0 unspecified atom stereocenters. The third-order valence-electron chi connectivity index (χ3n) is 3.66. The third-order valence-corrected chi connectivity index (χ3v) is 3.66. The molecule has 1 N–H and O–H groups in total. The van der Waals surface area contributed by atoms with Crippen molar-refractivity contribution in [1.29, 1.82) is 0 Å². The van der Waals surface area contributed by atoms with Gasteiger partial charge in [-0.15, -0.1) is 0 Å². The van der Waals surface area contributed by atoms with Crippen molar-refractivity contribution in [1.82, 2.24) is 0 Å². The summed E-state index contributed by atoms with van der Waals surface area (Å²) in [4.78, 5) is 4.68. The fourth-order valence-corrected chi connectivity index (χ4v) is 2.75. The zero-order valence-corrected chi connectivity index (χ0v) is 10.6. The molecule has 0 spiro atoms. The number of aliphatic imine (C=N–C) groups is 1. The van der Waals surface area contributed by atoms with Gasteiger partial charge in [0.25, 0.3) is 0 Å². The molecule has 0 aliphatic carbocycles. The molecule has 0 bridgehead atoms. The maximum Gasteiger partial charge on any atom is 0.0669 e. The number of hydrogen-bond acceptors (Lipinski definition) is 2. The Kier molecular flexibility index (Phi) is 2.27. The van der Waals surface area contributed by atoms with Gasteiger partial charge in [-0.05, 0) is 29.3 Å². The summed E-state index contributed by atoms with van der Waals surface area (Å²) in [6, 6.07) is 16.8. The molecule has 2 aliphatic rings. The van der Waals surface area contributed by atoms with Crippen LogP contribution >= 0.6 is 0 Å². The van der Waals surface area contributed by atoms with Crippen molar-refractivity contribution in [3.05, 3.63) is 71.4 Å². The number of allylic oxidation sites excluding steroid dienone is 2. The molecule has 0 aromatic heterocycles. The van der Waals surface area contributed by atoms with Gasteiger partial charge >= 0.3 is 0 Å². The smallest absolute Gasteiger partial charge is 0.0669 e. The van der Waals surface area contributed by atoms with Gasteiger partial charge in [-0.2, -0.15) is 0 Å². The summed E-state index contributed by atoms with van der Waals surface area (Å²) in [6.07, 6.45) is 4.11. The first-order valence-corrected chi connectivity index (χ1v) is 6.59. The molecule has 2 heteroatoms. The molecule has 0 radical (unpaired) electrons. The Labute approximate surface area is 112 Å². The molecule has 19 heavy (non-hydrogen) atoms. The van der Waals surface area contributed by atoms with Crippen molar-refractivity contribution in [2.45, 2.75) is 12.8 Å². The molecule has 2 heterocycles. The first kappa shape index (κ1) is 10.6. The van der Waals surface area contributed by atoms with Gasteiger partial charge in [0.1, 0.15) is 0 Å². The highest BCUT2D eigenvalue weighted by molar-refractivity contribution is 6.03. The average Bonchev–Trinajstić information content (AvgIpc) is 3.00. The molecule has 0 fully saturated rings. The van der Waals surface area contributed by atoms with E-state index in [9.17, 15) is 0 Å². The topological polar surface area (TPSA) is 24.4 Å². The highest BCUT2D eigenvalue weighted by atomic mass is 14.9. The normalized spacial score (nSPS) is 17.9. The van der Waals surface area contributed by atoms with Crippen LogP contribution in [0.5, 0.6) is 0 Å². The van der Waals surface area contributed by atoms with Crippen molar-refractivity contribution in [2.75, 3.05) is 5.32 Å². The van der Waals surface area contributed by atoms with Gasteiger partial charge in [-0.1, -0.05) is 36.4 Å². The molecule has 92 valence electrons. The lowest BCUT2D eigenvalue weighted by molar-refractivity contribution is 1.25. The standard InChI is InChI=1S/C17H14N2/c1-3-7-16-12(5-1)9-14(18-16)11-15-10-13-6-2-4-8-17(13)19-15/h1-8,11,18H,9-10H2. The largest absolute Gasteiger partial charge is 0.358 e. The fraction of sp³-hybridized carbons (Fsp3) is 0.118. The van der Waals surface area contributed by atoms with Crippen molar-refractivity contribution in [3.8, 4) is 0 Å². The Morgan fingerprint density at radius 3 is 2.53 bits per heavy atom. The number of rotatable bonds is 1. The van der Waals surface area contributed by atoms with Gasteiger partial charge in [0.05, 0.1) is 5.69 Å². The molecule has 2 aliphatic heterocycles. The van der Waals surface area contributed by atoms with Gasteiger partial charge in [0.15, 0.2) is 0 Å². The van der Waals surface area contributed by atoms with E-state index in [4.69, 9.17) is 0 Å². The van der Waals surface area contributed by atoms with E-state index in [0.717, 1.165) is 24.2 Å². The predicted octanol–water partition coefficient (Wildman–Crippen LogP) is 3.87. The Hall–Kier alpha value is -2.35. The molecule has 2 nitrogen and oxygen atoms in total. The lowest BCUT2D eigenvalue weighted by atomic mass is 10.1. The number of benzene rings is 2. The average molecular weight is 246 g/mol. The zero-order chi connectivity index (χ0) is 12.7. The predicted molar refractivity (Wildman–Crippen MR) is 79.1 cm³/mol. The van der Waals surface area contributed by atoms with Crippen LogP contribution < -0.4 is 5.32 Å². The van der Waals surface area contributed by atoms with E-state index in [-0.39, 0.29) is 0 Å². The maximum atomic E-state index is 4.68. The zero-order valence-electron chi connectivity index (χ0n) is 10.6. The number of anilines is 1. The lowest BCUT2D eigenvalue weighted by Gasteiger charge is -1.99. The van der Waals surface area contributed by atoms with Crippen LogP contribution in [-0.2, 0) is 12.8 Å². The second-order valence-electron chi connectivity index (χ2n) is 5.04. The number of hydrogen-bond donors (Lipinski definition) is 1. The molecule has 2 aromatic rings. The number of nitrogens with zero attached hydrogens (tertiary/aromatic N) is 1. The molecule has 0 saturated carbocycles. The van der Waals surface area contributed by atoms with Crippen molar-refractivity contribution in [3.63, 3.8) is 0 Å². The van der Waals surface area contributed by atoms with Crippen LogP contribution in [0, 0.1) is 0 Å². The van der Waals surface area contributed by atoms with Crippen LogP contribution in [0.25, 0.3) is 0 Å². The van der Waals surface area contributed by atoms with E-state index in [1.54, 1.807) is 0 Å². The SMILES string of the molecule is C(=C1Cc2ccccc2N1)C1=Nc2ccccc2C1. The summed E-state index contributed by atoms with van der Waals surface area (Å²) in [6.45, 7) is 0. The van der Waals surface area contributed by atoms with E-state index in [0.29, 0.717) is 0 Å². The molecular weight excluding hydrogens is 232 g/mol. The molecular formula is C17H14N2. The second kappa shape index (κ2) is 4.09. The second-order valence-corrected chi connectivity index (χ2v) is 5.04. The van der Waals surface area contributed by atoms with Gasteiger partial charge < -0.3 is 5.32 Å². The third kappa shape index (κ3) is 1.85. The summed E-state index contributed by atoms with van der Waals surface area (Å²) in [5.41, 5.74) is 7.42. The van der Waals surface area contributed by atoms with Crippen LogP contribution in [0.2, 0.25) is 0 Å². The summed E-state index contributed by atoms with van der Waals surface area (Å²) in [5.74, 6) is 0. The van der Waals surface area contributed by atoms with Gasteiger partial charge in [0, 0.05) is 29.9 Å². The van der Waals surface area contributed by atoms with Gasteiger partial charge in [0.2, 0.25) is 0 Å². The first-order chi connectivity index (χ1) is 9.38. The maximum absolute atomic E-state index is 4.68. The summed E-state index contributed by atoms with van der Waals surface area (Å²) < 4.78 is 0. The number of fused-ring (bicyclic) bond motifs is 2. The Morgan fingerprint density at radius 2 is 1.68 bits per heavy atom. The fourth-order valence-electron chi connectivity index (χ4n) is 2.75. The lowest BCUT2D eigenvalue weighted by Crippen LogP contribution is -1.99. The van der Waals surface area contributed by atoms with Crippen molar-refractivity contribution < 1.29 is 0 Å². The Bertz CT molecular complexity index is 684. The molecule has 0 amide bonds. The number of para-hydroxylation sites is 2. The van der Waals surface area contributed by atoms with Crippen molar-refractivity contribution >= 4 is 17.1 Å². The minimum atomic E-state index is 0.942. The van der Waals surface area contributed by atoms with E-state index in [2.05, 4.69) is 58.8 Å². The van der Waals surface area contributed by atoms with Crippen LogP contribution in [-0.4, -0.2) is 5.71 Å². The monoisotopic (exact) mass is 246 g/mol. The summed E-state index contributed by atoms with van der Waals surface area (Å²) in [5, 5.41) is 3.47. The molecule has 0 saturated heterocycles. The van der Waals surface area contributed by atoms with E-state index >= 15 is 0 Å². The van der Waals surface area contributed by atoms with Gasteiger partial charge in [-0.25, -0.2) is 0 Å². The highest BCUT2D eigenvalue weighted by Crippen LogP contribution is 2.30. The molecule has 4 rings (SSSR count). The molecule has 0 atom stereocenters. The van der Waals surface area contributed by atoms with Crippen LogP contribution in [0.3, 0.4) is 0 Å². The number of nitrogens with one attached hydrogen (secondary N) is 1. The van der Waals surface area contributed by atoms with Crippen LogP contribution in [0.15, 0.2) is 65.3 Å².